The van der Waals surface area contributed by atoms with E-state index in [9.17, 15) is 22.4 Å². The van der Waals surface area contributed by atoms with Gasteiger partial charge in [-0.05, 0) is 90.8 Å². The molecule has 10 nitrogen and oxygen atoms in total. The number of sulfonamides is 1. The van der Waals surface area contributed by atoms with Gasteiger partial charge in [-0.25, -0.2) is 12.8 Å². The predicted octanol–water partition coefficient (Wildman–Crippen LogP) is 4.14. The Labute approximate surface area is 249 Å². The number of benzene rings is 3. The quantitative estimate of drug-likeness (QED) is 0.234. The lowest BCUT2D eigenvalue weighted by Gasteiger charge is -2.29. The maximum absolute atomic E-state index is 13.4. The summed E-state index contributed by atoms with van der Waals surface area (Å²) >= 11 is 0. The number of hydrogen-bond acceptors (Lipinski definition) is 7. The number of ether oxygens (including phenoxy) is 2. The molecule has 4 rings (SSSR count). The first kappa shape index (κ1) is 31.0. The van der Waals surface area contributed by atoms with Crippen LogP contribution < -0.4 is 19.5 Å². The molecule has 4 aromatic rings. The Bertz CT molecular complexity index is 1620. The summed E-state index contributed by atoms with van der Waals surface area (Å²) in [6, 6.07) is 20.3. The van der Waals surface area contributed by atoms with Crippen molar-refractivity contribution in [2.24, 2.45) is 0 Å². The van der Waals surface area contributed by atoms with Crippen LogP contribution in [0.3, 0.4) is 0 Å². The molecule has 0 aliphatic rings. The van der Waals surface area contributed by atoms with Gasteiger partial charge in [-0.2, -0.15) is 0 Å². The van der Waals surface area contributed by atoms with Crippen LogP contribution in [0.4, 0.5) is 10.1 Å². The summed E-state index contributed by atoms with van der Waals surface area (Å²) in [4.78, 5) is 31.8. The Morgan fingerprint density at radius 1 is 0.884 bits per heavy atom. The van der Waals surface area contributed by atoms with Crippen LogP contribution in [0, 0.1) is 5.82 Å². The number of nitrogens with zero attached hydrogens (tertiary/aromatic N) is 2. The molecule has 0 aliphatic heterocycles. The van der Waals surface area contributed by atoms with E-state index in [1.807, 2.05) is 0 Å². The lowest BCUT2D eigenvalue weighted by molar-refractivity contribution is -0.142. The molecule has 43 heavy (non-hydrogen) atoms. The molecule has 0 fully saturated rings. The first-order valence-electron chi connectivity index (χ1n) is 13.2. The van der Waals surface area contributed by atoms with Crippen molar-refractivity contribution in [2.75, 3.05) is 18.4 Å². The summed E-state index contributed by atoms with van der Waals surface area (Å²) in [6.45, 7) is 1.66. The van der Waals surface area contributed by atoms with Gasteiger partial charge in [-0.15, -0.1) is 0 Å². The van der Waals surface area contributed by atoms with Gasteiger partial charge in [0.2, 0.25) is 5.91 Å². The Hall–Kier alpha value is -4.97. The van der Waals surface area contributed by atoms with E-state index in [2.05, 4.69) is 15.0 Å². The number of aromatic nitrogens is 1. The molecule has 2 N–H and O–H groups in total. The van der Waals surface area contributed by atoms with Crippen LogP contribution in [0.25, 0.3) is 0 Å². The standard InChI is InChI=1S/C31H31FN4O6S/c1-22(31(38)34-19-23-15-17-33-18-16-23)36(20-24-3-9-27(41-2)10-4-24)30(37)21-42-28-11-13-29(14-12-28)43(39,40)35-26-7-5-25(32)6-8-26/h3-18,22,35H,19-21H2,1-2H3,(H,34,38)/t22-/m0/s1. The highest BCUT2D eigenvalue weighted by Crippen LogP contribution is 2.20. The normalized spacial score (nSPS) is 11.7. The summed E-state index contributed by atoms with van der Waals surface area (Å²) in [7, 11) is -2.38. The van der Waals surface area contributed by atoms with Crippen molar-refractivity contribution < 1.29 is 31.9 Å². The largest absolute Gasteiger partial charge is 0.497 e. The van der Waals surface area contributed by atoms with E-state index >= 15 is 0 Å². The molecule has 0 bridgehead atoms. The number of anilines is 1. The number of halogens is 1. The minimum absolute atomic E-state index is 0.0453. The van der Waals surface area contributed by atoms with Crippen LogP contribution in [-0.2, 0) is 32.7 Å². The second kappa shape index (κ2) is 14.3. The lowest BCUT2D eigenvalue weighted by atomic mass is 10.1. The van der Waals surface area contributed by atoms with E-state index in [4.69, 9.17) is 9.47 Å². The second-order valence-corrected chi connectivity index (χ2v) is 11.2. The molecule has 0 saturated carbocycles. The zero-order valence-electron chi connectivity index (χ0n) is 23.6. The van der Waals surface area contributed by atoms with Crippen molar-refractivity contribution in [1.82, 2.24) is 15.2 Å². The van der Waals surface area contributed by atoms with Crippen LogP contribution in [0.2, 0.25) is 0 Å². The first-order chi connectivity index (χ1) is 20.6. The number of hydrogen-bond donors (Lipinski definition) is 2. The fraction of sp³-hybridized carbons (Fsp3) is 0.194. The summed E-state index contributed by atoms with van der Waals surface area (Å²) in [5.41, 5.74) is 1.86. The molecule has 0 saturated heterocycles. The lowest BCUT2D eigenvalue weighted by Crippen LogP contribution is -2.48. The summed E-state index contributed by atoms with van der Waals surface area (Å²) in [5.74, 6) is -0.361. The third kappa shape index (κ3) is 8.76. The van der Waals surface area contributed by atoms with Crippen molar-refractivity contribution in [2.45, 2.75) is 31.0 Å². The fourth-order valence-corrected chi connectivity index (χ4v) is 5.08. The molecule has 224 valence electrons. The molecule has 12 heteroatoms. The summed E-state index contributed by atoms with van der Waals surface area (Å²) in [5, 5.41) is 2.85. The van der Waals surface area contributed by atoms with Gasteiger partial charge in [0.25, 0.3) is 15.9 Å². The SMILES string of the molecule is COc1ccc(CN(C(=O)COc2ccc(S(=O)(=O)Nc3ccc(F)cc3)cc2)[C@@H](C)C(=O)NCc2ccncc2)cc1. The van der Waals surface area contributed by atoms with Gasteiger partial charge in [-0.3, -0.25) is 19.3 Å². The Morgan fingerprint density at radius 3 is 2.14 bits per heavy atom. The van der Waals surface area contributed by atoms with E-state index < -0.39 is 34.4 Å². The zero-order valence-corrected chi connectivity index (χ0v) is 24.4. The van der Waals surface area contributed by atoms with Crippen LogP contribution in [0.1, 0.15) is 18.1 Å². The fourth-order valence-electron chi connectivity index (χ4n) is 4.02. The third-order valence-corrected chi connectivity index (χ3v) is 7.89. The van der Waals surface area contributed by atoms with Crippen LogP contribution >= 0.6 is 0 Å². The van der Waals surface area contributed by atoms with Gasteiger partial charge in [-0.1, -0.05) is 12.1 Å². The number of carbonyl (C=O) groups is 2. The van der Waals surface area contributed by atoms with Gasteiger partial charge in [0, 0.05) is 31.2 Å². The zero-order chi connectivity index (χ0) is 30.8. The van der Waals surface area contributed by atoms with Crippen molar-refractivity contribution in [1.29, 1.82) is 0 Å². The average Bonchev–Trinajstić information content (AvgIpc) is 3.03. The van der Waals surface area contributed by atoms with Gasteiger partial charge >= 0.3 is 0 Å². The van der Waals surface area contributed by atoms with E-state index in [1.165, 1.54) is 41.3 Å². The van der Waals surface area contributed by atoms with Crippen molar-refractivity contribution in [3.8, 4) is 11.5 Å². The highest BCUT2D eigenvalue weighted by Gasteiger charge is 2.26. The maximum Gasteiger partial charge on any atom is 0.261 e. The molecule has 0 radical (unpaired) electrons. The number of nitrogens with one attached hydrogen (secondary N) is 2. The average molecular weight is 607 g/mol. The van der Waals surface area contributed by atoms with E-state index in [0.29, 0.717) is 5.75 Å². The van der Waals surface area contributed by atoms with Crippen LogP contribution in [-0.4, -0.2) is 49.9 Å². The van der Waals surface area contributed by atoms with Crippen molar-refractivity contribution >= 4 is 27.5 Å². The molecule has 0 spiro atoms. The number of methoxy groups -OCH3 is 1. The smallest absolute Gasteiger partial charge is 0.261 e. The minimum Gasteiger partial charge on any atom is -0.497 e. The number of carbonyl (C=O) groups excluding carboxylic acids is 2. The summed E-state index contributed by atoms with van der Waals surface area (Å²) < 4.78 is 51.8. The molecular weight excluding hydrogens is 575 g/mol. The van der Waals surface area contributed by atoms with Crippen molar-refractivity contribution in [3.63, 3.8) is 0 Å². The van der Waals surface area contributed by atoms with Crippen LogP contribution in [0.15, 0.2) is 102 Å². The Morgan fingerprint density at radius 2 is 1.51 bits per heavy atom. The van der Waals surface area contributed by atoms with E-state index in [0.717, 1.165) is 23.3 Å². The molecule has 0 unspecified atom stereocenters. The van der Waals surface area contributed by atoms with Gasteiger partial charge in [0.1, 0.15) is 23.4 Å². The maximum atomic E-state index is 13.4. The molecule has 3 aromatic carbocycles. The second-order valence-electron chi connectivity index (χ2n) is 9.49. The Balaban J connectivity index is 1.42. The molecular formula is C31H31FN4O6S. The number of amides is 2. The monoisotopic (exact) mass is 606 g/mol. The molecule has 1 atom stereocenters. The highest BCUT2D eigenvalue weighted by molar-refractivity contribution is 7.92. The molecule has 2 amide bonds. The van der Waals surface area contributed by atoms with E-state index in [1.54, 1.807) is 62.8 Å². The van der Waals surface area contributed by atoms with Crippen molar-refractivity contribution in [3.05, 3.63) is 114 Å². The number of rotatable bonds is 13. The van der Waals surface area contributed by atoms with Gasteiger partial charge in [0.15, 0.2) is 6.61 Å². The topological polar surface area (TPSA) is 127 Å². The Kier molecular flexibility index (Phi) is 10.3. The molecule has 0 aliphatic carbocycles. The third-order valence-electron chi connectivity index (χ3n) is 6.49. The van der Waals surface area contributed by atoms with Crippen LogP contribution in [0.5, 0.6) is 11.5 Å². The minimum atomic E-state index is -3.93. The summed E-state index contributed by atoms with van der Waals surface area (Å²) in [6.07, 6.45) is 3.26. The van der Waals surface area contributed by atoms with E-state index in [-0.39, 0.29) is 35.3 Å². The highest BCUT2D eigenvalue weighted by atomic mass is 32.2. The van der Waals surface area contributed by atoms with Gasteiger partial charge in [0.05, 0.1) is 12.0 Å². The predicted molar refractivity (Wildman–Crippen MR) is 158 cm³/mol. The van der Waals surface area contributed by atoms with Gasteiger partial charge < -0.3 is 19.7 Å². The molecule has 1 aromatic heterocycles. The molecule has 1 heterocycles. The number of pyridine rings is 1. The first-order valence-corrected chi connectivity index (χ1v) is 14.7.